The van der Waals surface area contributed by atoms with E-state index in [2.05, 4.69) is 10.1 Å². The van der Waals surface area contributed by atoms with Crippen LogP contribution in [-0.4, -0.2) is 12.5 Å². The number of aryl methyl sites for hydroxylation is 1. The molecule has 0 saturated carbocycles. The van der Waals surface area contributed by atoms with Crippen molar-refractivity contribution >= 4 is 17.7 Å². The monoisotopic (exact) mass is 321 g/mol. The molecule has 23 heavy (non-hydrogen) atoms. The molecule has 2 rings (SSSR count). The first-order valence-corrected chi connectivity index (χ1v) is 6.74. The molecule has 1 N–H and O–H groups in total. The van der Waals surface area contributed by atoms with Gasteiger partial charge in [0.15, 0.2) is 0 Å². The van der Waals surface area contributed by atoms with Crippen molar-refractivity contribution in [1.82, 2.24) is 0 Å². The zero-order valence-corrected chi connectivity index (χ0v) is 12.2. The third kappa shape index (κ3) is 5.18. The van der Waals surface area contributed by atoms with Crippen LogP contribution in [-0.2, 0) is 4.79 Å². The number of carbonyl (C=O) groups is 1. The number of amides is 1. The van der Waals surface area contributed by atoms with E-state index in [0.29, 0.717) is 5.56 Å². The molecule has 0 aromatic heterocycles. The van der Waals surface area contributed by atoms with Crippen molar-refractivity contribution in [3.63, 3.8) is 0 Å². The second-order valence-corrected chi connectivity index (χ2v) is 4.75. The molecule has 3 nitrogen and oxygen atoms in total. The Labute approximate surface area is 131 Å². The highest BCUT2D eigenvalue weighted by atomic mass is 19.3. The van der Waals surface area contributed by atoms with Crippen molar-refractivity contribution in [2.24, 2.45) is 0 Å². The van der Waals surface area contributed by atoms with Crippen LogP contribution in [0.5, 0.6) is 5.75 Å². The molecule has 0 fully saturated rings. The average Bonchev–Trinajstić information content (AvgIpc) is 2.50. The van der Waals surface area contributed by atoms with E-state index in [-0.39, 0.29) is 11.4 Å². The quantitative estimate of drug-likeness (QED) is 0.830. The van der Waals surface area contributed by atoms with Crippen LogP contribution in [0.1, 0.15) is 11.1 Å². The number of carbonyl (C=O) groups excluding carboxylic acids is 1. The SMILES string of the molecule is Cc1ccc(F)c(NC(=O)/C=C/c2ccc(OC(F)F)cc2)c1. The summed E-state index contributed by atoms with van der Waals surface area (Å²) in [7, 11) is 0. The van der Waals surface area contributed by atoms with Gasteiger partial charge in [-0.05, 0) is 48.4 Å². The number of alkyl halides is 2. The van der Waals surface area contributed by atoms with Gasteiger partial charge in [0.05, 0.1) is 5.69 Å². The average molecular weight is 321 g/mol. The van der Waals surface area contributed by atoms with Gasteiger partial charge >= 0.3 is 6.61 Å². The van der Waals surface area contributed by atoms with Gasteiger partial charge in [0.1, 0.15) is 11.6 Å². The van der Waals surface area contributed by atoms with Crippen LogP contribution >= 0.6 is 0 Å². The van der Waals surface area contributed by atoms with Crippen molar-refractivity contribution < 1.29 is 22.7 Å². The molecule has 0 atom stereocenters. The lowest BCUT2D eigenvalue weighted by atomic mass is 10.2. The van der Waals surface area contributed by atoms with Crippen LogP contribution in [0.3, 0.4) is 0 Å². The Kier molecular flexibility index (Phi) is 5.41. The minimum atomic E-state index is -2.88. The van der Waals surface area contributed by atoms with E-state index in [4.69, 9.17) is 0 Å². The van der Waals surface area contributed by atoms with Crippen LogP contribution in [0, 0.1) is 12.7 Å². The molecule has 1 amide bonds. The Morgan fingerprint density at radius 2 is 1.87 bits per heavy atom. The van der Waals surface area contributed by atoms with Crippen molar-refractivity contribution in [2.45, 2.75) is 13.5 Å². The van der Waals surface area contributed by atoms with Crippen LogP contribution < -0.4 is 10.1 Å². The van der Waals surface area contributed by atoms with Crippen LogP contribution in [0.25, 0.3) is 6.08 Å². The topological polar surface area (TPSA) is 38.3 Å². The number of hydrogen-bond donors (Lipinski definition) is 1. The first-order valence-electron chi connectivity index (χ1n) is 6.74. The first kappa shape index (κ1) is 16.6. The summed E-state index contributed by atoms with van der Waals surface area (Å²) in [5.41, 5.74) is 1.53. The maximum Gasteiger partial charge on any atom is 0.387 e. The lowest BCUT2D eigenvalue weighted by Crippen LogP contribution is -2.09. The number of halogens is 3. The highest BCUT2D eigenvalue weighted by Gasteiger charge is 2.05. The second-order valence-electron chi connectivity index (χ2n) is 4.75. The van der Waals surface area contributed by atoms with E-state index < -0.39 is 18.3 Å². The van der Waals surface area contributed by atoms with Gasteiger partial charge in [-0.2, -0.15) is 8.78 Å². The summed E-state index contributed by atoms with van der Waals surface area (Å²) in [6.45, 7) is -1.10. The van der Waals surface area contributed by atoms with Gasteiger partial charge < -0.3 is 10.1 Å². The Balaban J connectivity index is 1.99. The number of anilines is 1. The molecule has 120 valence electrons. The number of ether oxygens (including phenoxy) is 1. The smallest absolute Gasteiger partial charge is 0.387 e. The Morgan fingerprint density at radius 1 is 1.17 bits per heavy atom. The largest absolute Gasteiger partial charge is 0.435 e. The minimum Gasteiger partial charge on any atom is -0.435 e. The van der Waals surface area contributed by atoms with E-state index in [1.54, 1.807) is 13.0 Å². The summed E-state index contributed by atoms with van der Waals surface area (Å²) in [6, 6.07) is 10.2. The van der Waals surface area contributed by atoms with Gasteiger partial charge in [-0.1, -0.05) is 18.2 Å². The molecular weight excluding hydrogens is 307 g/mol. The predicted octanol–water partition coefficient (Wildman–Crippen LogP) is 4.39. The van der Waals surface area contributed by atoms with Gasteiger partial charge in [0, 0.05) is 6.08 Å². The fourth-order valence-corrected chi connectivity index (χ4v) is 1.84. The lowest BCUT2D eigenvalue weighted by molar-refractivity contribution is -0.111. The molecule has 0 spiro atoms. The van der Waals surface area contributed by atoms with Crippen molar-refractivity contribution in [3.05, 3.63) is 65.5 Å². The third-order valence-electron chi connectivity index (χ3n) is 2.91. The molecular formula is C17H14F3NO2. The van der Waals surface area contributed by atoms with Gasteiger partial charge in [0.2, 0.25) is 5.91 Å². The summed E-state index contributed by atoms with van der Waals surface area (Å²) >= 11 is 0. The normalized spacial score (nSPS) is 11.0. The molecule has 0 unspecified atom stereocenters. The van der Waals surface area contributed by atoms with E-state index in [1.165, 1.54) is 48.6 Å². The minimum absolute atomic E-state index is 0.0310. The van der Waals surface area contributed by atoms with Crippen LogP contribution in [0.15, 0.2) is 48.5 Å². The van der Waals surface area contributed by atoms with E-state index in [1.807, 2.05) is 0 Å². The molecule has 0 bridgehead atoms. The third-order valence-corrected chi connectivity index (χ3v) is 2.91. The fraction of sp³-hybridized carbons (Fsp3) is 0.118. The summed E-state index contributed by atoms with van der Waals surface area (Å²) in [4.78, 5) is 11.8. The lowest BCUT2D eigenvalue weighted by Gasteiger charge is -2.05. The molecule has 0 radical (unpaired) electrons. The summed E-state index contributed by atoms with van der Waals surface area (Å²) in [5, 5.41) is 2.43. The molecule has 0 aliphatic heterocycles. The number of nitrogens with one attached hydrogen (secondary N) is 1. The van der Waals surface area contributed by atoms with E-state index >= 15 is 0 Å². The Bertz CT molecular complexity index is 712. The van der Waals surface area contributed by atoms with Crippen molar-refractivity contribution in [3.8, 4) is 5.75 Å². The zero-order chi connectivity index (χ0) is 16.8. The highest BCUT2D eigenvalue weighted by Crippen LogP contribution is 2.17. The van der Waals surface area contributed by atoms with E-state index in [9.17, 15) is 18.0 Å². The predicted molar refractivity (Wildman–Crippen MR) is 81.9 cm³/mol. The van der Waals surface area contributed by atoms with Crippen molar-refractivity contribution in [2.75, 3.05) is 5.32 Å². The molecule has 0 aliphatic carbocycles. The summed E-state index contributed by atoms with van der Waals surface area (Å²) < 4.78 is 41.8. The first-order chi connectivity index (χ1) is 10.9. The van der Waals surface area contributed by atoms with Gasteiger partial charge in [0.25, 0.3) is 0 Å². The van der Waals surface area contributed by atoms with Gasteiger partial charge in [-0.15, -0.1) is 0 Å². The maximum atomic E-state index is 13.5. The number of benzene rings is 2. The van der Waals surface area contributed by atoms with Crippen molar-refractivity contribution in [1.29, 1.82) is 0 Å². The summed E-state index contributed by atoms with van der Waals surface area (Å²) in [6.07, 6.45) is 2.71. The molecule has 0 heterocycles. The second kappa shape index (κ2) is 7.49. The number of rotatable bonds is 5. The Hall–Kier alpha value is -2.76. The number of hydrogen-bond acceptors (Lipinski definition) is 2. The zero-order valence-electron chi connectivity index (χ0n) is 12.2. The molecule has 0 aliphatic rings. The molecule has 2 aromatic rings. The van der Waals surface area contributed by atoms with E-state index in [0.717, 1.165) is 5.56 Å². The highest BCUT2D eigenvalue weighted by molar-refractivity contribution is 6.02. The van der Waals surface area contributed by atoms with Crippen LogP contribution in [0.2, 0.25) is 0 Å². The molecule has 6 heteroatoms. The molecule has 0 saturated heterocycles. The van der Waals surface area contributed by atoms with Crippen LogP contribution in [0.4, 0.5) is 18.9 Å². The van der Waals surface area contributed by atoms with Gasteiger partial charge in [-0.3, -0.25) is 4.79 Å². The standard InChI is InChI=1S/C17H14F3NO2/c1-11-2-8-14(18)15(10-11)21-16(22)9-5-12-3-6-13(7-4-12)23-17(19)20/h2-10,17H,1H3,(H,21,22)/b9-5+. The summed E-state index contributed by atoms with van der Waals surface area (Å²) in [5.74, 6) is -0.989. The fourth-order valence-electron chi connectivity index (χ4n) is 1.84. The maximum absolute atomic E-state index is 13.5. The van der Waals surface area contributed by atoms with Gasteiger partial charge in [-0.25, -0.2) is 4.39 Å². The Morgan fingerprint density at radius 3 is 2.52 bits per heavy atom. The molecule has 2 aromatic carbocycles.